The molecule has 0 bridgehead atoms. The van der Waals surface area contributed by atoms with Crippen LogP contribution in [0.15, 0.2) is 17.5 Å². The molecule has 21 heavy (non-hydrogen) atoms. The van der Waals surface area contributed by atoms with E-state index in [2.05, 4.69) is 10.6 Å². The quantitative estimate of drug-likeness (QED) is 0.724. The van der Waals surface area contributed by atoms with Crippen LogP contribution in [0.3, 0.4) is 0 Å². The van der Waals surface area contributed by atoms with Crippen LogP contribution in [-0.2, 0) is 10.2 Å². The monoisotopic (exact) mass is 312 g/mol. The lowest BCUT2D eigenvalue weighted by molar-refractivity contribution is -0.140. The van der Waals surface area contributed by atoms with Gasteiger partial charge in [-0.2, -0.15) is 0 Å². The molecule has 0 aliphatic heterocycles. The molecule has 2 atom stereocenters. The smallest absolute Gasteiger partial charge is 0.326 e. The summed E-state index contributed by atoms with van der Waals surface area (Å²) in [6, 6.07) is 2.71. The molecule has 0 aliphatic carbocycles. The zero-order valence-corrected chi connectivity index (χ0v) is 13.8. The normalized spacial score (nSPS) is 14.3. The number of hydrogen-bond acceptors (Lipinski definition) is 3. The number of hydrogen-bond donors (Lipinski definition) is 3. The molecule has 5 nitrogen and oxygen atoms in total. The van der Waals surface area contributed by atoms with Gasteiger partial charge >= 0.3 is 12.0 Å². The first kappa shape index (κ1) is 17.5. The highest BCUT2D eigenvalue weighted by molar-refractivity contribution is 7.10. The van der Waals surface area contributed by atoms with Crippen molar-refractivity contribution >= 4 is 23.3 Å². The molecule has 0 saturated carbocycles. The van der Waals surface area contributed by atoms with Crippen molar-refractivity contribution in [2.24, 2.45) is 5.92 Å². The molecule has 0 aromatic carbocycles. The predicted molar refractivity (Wildman–Crippen MR) is 84.8 cm³/mol. The van der Waals surface area contributed by atoms with Gasteiger partial charge in [0, 0.05) is 16.8 Å². The zero-order valence-electron chi connectivity index (χ0n) is 13.0. The number of carbonyl (C=O) groups is 2. The summed E-state index contributed by atoms with van der Waals surface area (Å²) in [5.41, 5.74) is -0.180. The van der Waals surface area contributed by atoms with E-state index in [9.17, 15) is 9.59 Å². The third-order valence-corrected chi connectivity index (χ3v) is 4.88. The van der Waals surface area contributed by atoms with Gasteiger partial charge in [0.1, 0.15) is 6.04 Å². The van der Waals surface area contributed by atoms with Crippen molar-refractivity contribution in [2.75, 3.05) is 6.54 Å². The Labute approximate surface area is 129 Å². The molecule has 1 aromatic rings. The Hall–Kier alpha value is -1.56. The van der Waals surface area contributed by atoms with Gasteiger partial charge in [-0.3, -0.25) is 0 Å². The van der Waals surface area contributed by atoms with Crippen LogP contribution in [0, 0.1) is 5.92 Å². The molecule has 0 radical (unpaired) electrons. The maximum absolute atomic E-state index is 11.9. The van der Waals surface area contributed by atoms with Gasteiger partial charge < -0.3 is 15.7 Å². The van der Waals surface area contributed by atoms with Crippen molar-refractivity contribution in [2.45, 2.75) is 45.6 Å². The van der Waals surface area contributed by atoms with Gasteiger partial charge in [0.05, 0.1) is 0 Å². The molecule has 1 heterocycles. The van der Waals surface area contributed by atoms with Gasteiger partial charge in [-0.15, -0.1) is 11.3 Å². The number of thiophene rings is 1. The summed E-state index contributed by atoms with van der Waals surface area (Å²) in [4.78, 5) is 24.3. The third-order valence-electron chi connectivity index (χ3n) is 3.64. The topological polar surface area (TPSA) is 78.4 Å². The highest BCUT2D eigenvalue weighted by Gasteiger charge is 2.27. The fourth-order valence-electron chi connectivity index (χ4n) is 1.93. The highest BCUT2D eigenvalue weighted by Crippen LogP contribution is 2.26. The summed E-state index contributed by atoms with van der Waals surface area (Å²) in [5, 5.41) is 16.5. The van der Waals surface area contributed by atoms with E-state index < -0.39 is 18.0 Å². The van der Waals surface area contributed by atoms with Crippen molar-refractivity contribution in [3.05, 3.63) is 22.4 Å². The van der Waals surface area contributed by atoms with Crippen molar-refractivity contribution < 1.29 is 14.7 Å². The zero-order chi connectivity index (χ0) is 16.0. The van der Waals surface area contributed by atoms with E-state index in [1.54, 1.807) is 11.3 Å². The Morgan fingerprint density at radius 2 is 2.10 bits per heavy atom. The maximum Gasteiger partial charge on any atom is 0.326 e. The van der Waals surface area contributed by atoms with Crippen LogP contribution >= 0.6 is 11.3 Å². The molecule has 0 saturated heterocycles. The second-order valence-electron chi connectivity index (χ2n) is 5.89. The van der Waals surface area contributed by atoms with Gasteiger partial charge in [-0.1, -0.05) is 40.2 Å². The van der Waals surface area contributed by atoms with Gasteiger partial charge in [0.2, 0.25) is 0 Å². The van der Waals surface area contributed by atoms with Crippen LogP contribution in [0.25, 0.3) is 0 Å². The van der Waals surface area contributed by atoms with Crippen LogP contribution in [0.2, 0.25) is 0 Å². The Morgan fingerprint density at radius 1 is 1.43 bits per heavy atom. The standard InChI is InChI=1S/C15H24N2O3S/c1-5-10(2)12(13(18)19)17-14(20)16-9-15(3,4)11-7-6-8-21-11/h6-8,10,12H,5,9H2,1-4H3,(H,18,19)(H2,16,17,20)/t10?,12-/m0/s1. The lowest BCUT2D eigenvalue weighted by atomic mass is 9.91. The van der Waals surface area contributed by atoms with Gasteiger partial charge in [-0.05, 0) is 17.4 Å². The molecular weight excluding hydrogens is 288 g/mol. The first-order valence-electron chi connectivity index (χ1n) is 7.09. The maximum atomic E-state index is 11.9. The van der Waals surface area contributed by atoms with Crippen LogP contribution in [-0.4, -0.2) is 29.7 Å². The molecule has 3 N–H and O–H groups in total. The molecule has 2 amide bonds. The lowest BCUT2D eigenvalue weighted by Crippen LogP contribution is -2.50. The molecule has 0 aliphatic rings. The number of rotatable bonds is 7. The second-order valence-corrected chi connectivity index (χ2v) is 6.84. The molecule has 1 aromatic heterocycles. The fourth-order valence-corrected chi connectivity index (χ4v) is 2.78. The number of carboxylic acids is 1. The molecule has 6 heteroatoms. The Kier molecular flexibility index (Phi) is 6.20. The minimum atomic E-state index is -1.00. The fraction of sp³-hybridized carbons (Fsp3) is 0.600. The highest BCUT2D eigenvalue weighted by atomic mass is 32.1. The van der Waals surface area contributed by atoms with Crippen LogP contribution in [0.4, 0.5) is 4.79 Å². The Balaban J connectivity index is 2.55. The number of nitrogens with one attached hydrogen (secondary N) is 2. The molecule has 1 rings (SSSR count). The van der Waals surface area contributed by atoms with E-state index >= 15 is 0 Å². The summed E-state index contributed by atoms with van der Waals surface area (Å²) in [7, 11) is 0. The summed E-state index contributed by atoms with van der Waals surface area (Å²) in [6.07, 6.45) is 0.692. The van der Waals surface area contributed by atoms with Crippen molar-refractivity contribution in [3.8, 4) is 0 Å². The van der Waals surface area contributed by atoms with Crippen molar-refractivity contribution in [1.82, 2.24) is 10.6 Å². The number of carbonyl (C=O) groups excluding carboxylic acids is 1. The summed E-state index contributed by atoms with van der Waals surface area (Å²) < 4.78 is 0. The average Bonchev–Trinajstić information content (AvgIpc) is 2.96. The van der Waals surface area contributed by atoms with Crippen molar-refractivity contribution in [1.29, 1.82) is 0 Å². The summed E-state index contributed by atoms with van der Waals surface area (Å²) >= 11 is 1.64. The van der Waals surface area contributed by atoms with Gasteiger partial charge in [0.15, 0.2) is 0 Å². The van der Waals surface area contributed by atoms with Gasteiger partial charge in [-0.25, -0.2) is 9.59 Å². The first-order chi connectivity index (χ1) is 9.77. The molecule has 0 fully saturated rings. The number of amides is 2. The first-order valence-corrected chi connectivity index (χ1v) is 7.97. The molecule has 0 spiro atoms. The third kappa shape index (κ3) is 5.04. The van der Waals surface area contributed by atoms with Crippen molar-refractivity contribution in [3.63, 3.8) is 0 Å². The van der Waals surface area contributed by atoms with E-state index in [-0.39, 0.29) is 11.3 Å². The lowest BCUT2D eigenvalue weighted by Gasteiger charge is -2.25. The predicted octanol–water partition coefficient (Wildman–Crippen LogP) is 2.82. The van der Waals surface area contributed by atoms with Gasteiger partial charge in [0.25, 0.3) is 0 Å². The molecule has 118 valence electrons. The average molecular weight is 312 g/mol. The molecule has 1 unspecified atom stereocenters. The second kappa shape index (κ2) is 7.45. The Bertz CT molecular complexity index is 471. The minimum absolute atomic E-state index is 0.112. The summed E-state index contributed by atoms with van der Waals surface area (Å²) in [5.74, 6) is -1.12. The Morgan fingerprint density at radius 3 is 2.57 bits per heavy atom. The SMILES string of the molecule is CCC(C)[C@H](NC(=O)NCC(C)(C)c1cccs1)C(=O)O. The van der Waals surface area contributed by atoms with Crippen LogP contribution < -0.4 is 10.6 Å². The van der Waals surface area contributed by atoms with E-state index in [0.717, 1.165) is 0 Å². The summed E-state index contributed by atoms with van der Waals surface area (Å²) in [6.45, 7) is 8.26. The van der Waals surface area contributed by atoms with Crippen LogP contribution in [0.5, 0.6) is 0 Å². The van der Waals surface area contributed by atoms with E-state index in [0.29, 0.717) is 13.0 Å². The van der Waals surface area contributed by atoms with E-state index in [4.69, 9.17) is 5.11 Å². The van der Waals surface area contributed by atoms with E-state index in [1.165, 1.54) is 4.88 Å². The largest absolute Gasteiger partial charge is 0.480 e. The molecular formula is C15H24N2O3S. The van der Waals surface area contributed by atoms with Crippen LogP contribution in [0.1, 0.15) is 39.0 Å². The number of aliphatic carboxylic acids is 1. The number of urea groups is 1. The van der Waals surface area contributed by atoms with E-state index in [1.807, 2.05) is 45.2 Å². The minimum Gasteiger partial charge on any atom is -0.480 e. The number of carboxylic acid groups (broad SMARTS) is 1.